The van der Waals surface area contributed by atoms with Gasteiger partial charge < -0.3 is 16.2 Å². The summed E-state index contributed by atoms with van der Waals surface area (Å²) in [5.41, 5.74) is 4.91. The molecule has 0 aliphatic heterocycles. The summed E-state index contributed by atoms with van der Waals surface area (Å²) < 4.78 is 0. The zero-order valence-electron chi connectivity index (χ0n) is 11.0. The number of carbonyl (C=O) groups is 1. The number of hydrogen-bond donors (Lipinski definition) is 3. The average Bonchev–Trinajstić information content (AvgIpc) is 2.28. The van der Waals surface area contributed by atoms with Crippen LogP contribution in [0.1, 0.15) is 52.4 Å². The highest BCUT2D eigenvalue weighted by Gasteiger charge is 2.31. The van der Waals surface area contributed by atoms with Crippen LogP contribution in [0.2, 0.25) is 0 Å². The number of hydrogen-bond acceptors (Lipinski definition) is 3. The molecule has 17 heavy (non-hydrogen) atoms. The molecular weight excluding hydrogens is 216 g/mol. The maximum Gasteiger partial charge on any atom is 0.220 e. The van der Waals surface area contributed by atoms with Crippen LogP contribution in [-0.4, -0.2) is 29.2 Å². The van der Waals surface area contributed by atoms with E-state index in [1.165, 1.54) is 0 Å². The van der Waals surface area contributed by atoms with Gasteiger partial charge in [-0.15, -0.1) is 0 Å². The molecule has 0 bridgehead atoms. The Balaban J connectivity index is 2.23. The van der Waals surface area contributed by atoms with Crippen molar-refractivity contribution in [3.63, 3.8) is 0 Å². The lowest BCUT2D eigenvalue weighted by Crippen LogP contribution is -2.45. The first-order valence-electron chi connectivity index (χ1n) is 6.66. The number of carbonyl (C=O) groups excluding carboxylic acids is 1. The van der Waals surface area contributed by atoms with Gasteiger partial charge in [0.25, 0.3) is 0 Å². The SMILES string of the molecule is CC(N)CCC(=O)NCC1(O)CCC(C)CC1. The van der Waals surface area contributed by atoms with Crippen molar-refractivity contribution in [2.24, 2.45) is 11.7 Å². The highest BCUT2D eigenvalue weighted by atomic mass is 16.3. The van der Waals surface area contributed by atoms with Crippen LogP contribution >= 0.6 is 0 Å². The summed E-state index contributed by atoms with van der Waals surface area (Å²) in [6.07, 6.45) is 4.83. The Hall–Kier alpha value is -0.610. The summed E-state index contributed by atoms with van der Waals surface area (Å²) in [7, 11) is 0. The van der Waals surface area contributed by atoms with Crippen LogP contribution in [0.25, 0.3) is 0 Å². The van der Waals surface area contributed by atoms with Crippen LogP contribution in [0.5, 0.6) is 0 Å². The second-order valence-corrected chi connectivity index (χ2v) is 5.70. The molecule has 0 aromatic carbocycles. The summed E-state index contributed by atoms with van der Waals surface area (Å²) in [5, 5.41) is 13.1. The third-order valence-electron chi connectivity index (χ3n) is 3.65. The zero-order chi connectivity index (χ0) is 12.9. The fraction of sp³-hybridized carbons (Fsp3) is 0.923. The van der Waals surface area contributed by atoms with Gasteiger partial charge in [-0.2, -0.15) is 0 Å². The molecule has 100 valence electrons. The predicted molar refractivity (Wildman–Crippen MR) is 68.5 cm³/mol. The summed E-state index contributed by atoms with van der Waals surface area (Å²) in [6, 6.07) is 0.0550. The molecule has 1 unspecified atom stereocenters. The van der Waals surface area contributed by atoms with E-state index >= 15 is 0 Å². The fourth-order valence-electron chi connectivity index (χ4n) is 2.19. The Morgan fingerprint density at radius 2 is 2.12 bits per heavy atom. The monoisotopic (exact) mass is 242 g/mol. The molecule has 0 aromatic rings. The van der Waals surface area contributed by atoms with Crippen molar-refractivity contribution in [2.75, 3.05) is 6.54 Å². The second kappa shape index (κ2) is 6.36. The standard InChI is InChI=1S/C13H26N2O2/c1-10-5-7-13(17,8-6-10)9-15-12(16)4-3-11(2)14/h10-11,17H,3-9,14H2,1-2H3,(H,15,16). The lowest BCUT2D eigenvalue weighted by Gasteiger charge is -2.34. The molecule has 1 aliphatic rings. The Kier molecular flexibility index (Phi) is 5.40. The Morgan fingerprint density at radius 3 is 2.65 bits per heavy atom. The van der Waals surface area contributed by atoms with Gasteiger partial charge in [-0.3, -0.25) is 4.79 Å². The molecule has 0 saturated heterocycles. The van der Waals surface area contributed by atoms with Gasteiger partial charge in [0.05, 0.1) is 5.60 Å². The molecule has 4 nitrogen and oxygen atoms in total. The Bertz CT molecular complexity index is 246. The zero-order valence-corrected chi connectivity index (χ0v) is 11.0. The smallest absolute Gasteiger partial charge is 0.220 e. The minimum atomic E-state index is -0.684. The minimum Gasteiger partial charge on any atom is -0.388 e. The van der Waals surface area contributed by atoms with Gasteiger partial charge in [0, 0.05) is 19.0 Å². The minimum absolute atomic E-state index is 0.00523. The van der Waals surface area contributed by atoms with E-state index in [-0.39, 0.29) is 11.9 Å². The van der Waals surface area contributed by atoms with Gasteiger partial charge in [0.1, 0.15) is 0 Å². The van der Waals surface area contributed by atoms with Crippen LogP contribution in [0.4, 0.5) is 0 Å². The lowest BCUT2D eigenvalue weighted by atomic mass is 9.79. The third-order valence-corrected chi connectivity index (χ3v) is 3.65. The molecule has 0 spiro atoms. The van der Waals surface area contributed by atoms with E-state index in [4.69, 9.17) is 5.73 Å². The van der Waals surface area contributed by atoms with Crippen molar-refractivity contribution in [2.45, 2.75) is 64.0 Å². The summed E-state index contributed by atoms with van der Waals surface area (Å²) >= 11 is 0. The van der Waals surface area contributed by atoms with Gasteiger partial charge >= 0.3 is 0 Å². The lowest BCUT2D eigenvalue weighted by molar-refractivity contribution is -0.123. The van der Waals surface area contributed by atoms with Crippen LogP contribution in [0.3, 0.4) is 0 Å². The first-order chi connectivity index (χ1) is 7.91. The highest BCUT2D eigenvalue weighted by molar-refractivity contribution is 5.75. The van der Waals surface area contributed by atoms with Crippen LogP contribution < -0.4 is 11.1 Å². The molecule has 0 heterocycles. The van der Waals surface area contributed by atoms with E-state index in [0.29, 0.717) is 25.3 Å². The van der Waals surface area contributed by atoms with E-state index in [2.05, 4.69) is 12.2 Å². The largest absolute Gasteiger partial charge is 0.388 e. The van der Waals surface area contributed by atoms with Crippen molar-refractivity contribution in [3.8, 4) is 0 Å². The Morgan fingerprint density at radius 1 is 1.53 bits per heavy atom. The second-order valence-electron chi connectivity index (χ2n) is 5.70. The van der Waals surface area contributed by atoms with Gasteiger partial charge in [0.2, 0.25) is 5.91 Å². The maximum absolute atomic E-state index is 11.5. The molecule has 4 N–H and O–H groups in total. The first-order valence-corrected chi connectivity index (χ1v) is 6.66. The normalized spacial score (nSPS) is 30.9. The number of nitrogens with one attached hydrogen (secondary N) is 1. The van der Waals surface area contributed by atoms with Crippen molar-refractivity contribution >= 4 is 5.91 Å². The van der Waals surface area contributed by atoms with Crippen LogP contribution in [0, 0.1) is 5.92 Å². The highest BCUT2D eigenvalue weighted by Crippen LogP contribution is 2.31. The van der Waals surface area contributed by atoms with Gasteiger partial charge in [-0.05, 0) is 44.9 Å². The van der Waals surface area contributed by atoms with E-state index in [1.807, 2.05) is 6.92 Å². The average molecular weight is 242 g/mol. The topological polar surface area (TPSA) is 75.4 Å². The predicted octanol–water partition coefficient (Wildman–Crippen LogP) is 1.17. The van der Waals surface area contributed by atoms with Crippen molar-refractivity contribution < 1.29 is 9.90 Å². The van der Waals surface area contributed by atoms with E-state index in [0.717, 1.165) is 25.7 Å². The molecule has 1 amide bonds. The van der Waals surface area contributed by atoms with E-state index in [9.17, 15) is 9.90 Å². The number of nitrogens with two attached hydrogens (primary N) is 1. The van der Waals surface area contributed by atoms with Gasteiger partial charge in [-0.25, -0.2) is 0 Å². The maximum atomic E-state index is 11.5. The molecule has 1 atom stereocenters. The van der Waals surface area contributed by atoms with Crippen LogP contribution in [0.15, 0.2) is 0 Å². The summed E-state index contributed by atoms with van der Waals surface area (Å²) in [6.45, 7) is 4.49. The quantitative estimate of drug-likeness (QED) is 0.677. The molecule has 4 heteroatoms. The molecular formula is C13H26N2O2. The van der Waals surface area contributed by atoms with Gasteiger partial charge in [0.15, 0.2) is 0 Å². The van der Waals surface area contributed by atoms with Crippen molar-refractivity contribution in [1.82, 2.24) is 5.32 Å². The molecule has 1 fully saturated rings. The first kappa shape index (κ1) is 14.5. The number of aliphatic hydroxyl groups is 1. The molecule has 0 radical (unpaired) electrons. The number of amides is 1. The summed E-state index contributed by atoms with van der Waals surface area (Å²) in [4.78, 5) is 11.5. The van der Waals surface area contributed by atoms with Gasteiger partial charge in [-0.1, -0.05) is 6.92 Å². The fourth-order valence-corrected chi connectivity index (χ4v) is 2.19. The van der Waals surface area contributed by atoms with E-state index < -0.39 is 5.60 Å². The molecule has 1 aliphatic carbocycles. The molecule has 1 saturated carbocycles. The Labute approximate surface area is 104 Å². The number of rotatable bonds is 5. The van der Waals surface area contributed by atoms with Crippen LogP contribution in [-0.2, 0) is 4.79 Å². The third kappa shape index (κ3) is 5.50. The summed E-state index contributed by atoms with van der Waals surface area (Å²) in [5.74, 6) is 0.693. The van der Waals surface area contributed by atoms with Crippen molar-refractivity contribution in [3.05, 3.63) is 0 Å². The molecule has 0 aromatic heterocycles. The van der Waals surface area contributed by atoms with Crippen molar-refractivity contribution in [1.29, 1.82) is 0 Å². The van der Waals surface area contributed by atoms with E-state index in [1.54, 1.807) is 0 Å². The molecule has 1 rings (SSSR count).